The van der Waals surface area contributed by atoms with Gasteiger partial charge in [-0.3, -0.25) is 0 Å². The molecule has 0 saturated carbocycles. The highest BCUT2D eigenvalue weighted by molar-refractivity contribution is 7.13. The lowest BCUT2D eigenvalue weighted by atomic mass is 10.1. The lowest BCUT2D eigenvalue weighted by Gasteiger charge is -2.14. The summed E-state index contributed by atoms with van der Waals surface area (Å²) < 4.78 is 0. The highest BCUT2D eigenvalue weighted by atomic mass is 32.1. The fourth-order valence-electron chi connectivity index (χ4n) is 1.90. The largest absolute Gasteiger partial charge is 0.308 e. The van der Waals surface area contributed by atoms with Gasteiger partial charge in [-0.15, -0.1) is 22.7 Å². The van der Waals surface area contributed by atoms with Gasteiger partial charge < -0.3 is 5.32 Å². The predicted molar refractivity (Wildman–Crippen MR) is 73.7 cm³/mol. The highest BCUT2D eigenvalue weighted by Crippen LogP contribution is 2.33. The average molecular weight is 251 g/mol. The quantitative estimate of drug-likeness (QED) is 0.866. The predicted octanol–water partition coefficient (Wildman–Crippen LogP) is 3.99. The van der Waals surface area contributed by atoms with Crippen molar-refractivity contribution in [2.24, 2.45) is 0 Å². The molecule has 86 valence electrons. The summed E-state index contributed by atoms with van der Waals surface area (Å²) in [5.74, 6) is 0. The van der Waals surface area contributed by atoms with Gasteiger partial charge in [0.05, 0.1) is 6.04 Å². The zero-order valence-electron chi connectivity index (χ0n) is 9.91. The van der Waals surface area contributed by atoms with Crippen LogP contribution in [0.1, 0.15) is 33.2 Å². The molecular weight excluding hydrogens is 234 g/mol. The Morgan fingerprint density at radius 1 is 1.31 bits per heavy atom. The molecule has 2 aromatic rings. The summed E-state index contributed by atoms with van der Waals surface area (Å²) in [5, 5.41) is 5.62. The molecule has 0 bridgehead atoms. The van der Waals surface area contributed by atoms with E-state index in [0.717, 1.165) is 6.42 Å². The van der Waals surface area contributed by atoms with Crippen molar-refractivity contribution in [3.05, 3.63) is 43.8 Å². The molecule has 0 saturated heterocycles. The van der Waals surface area contributed by atoms with E-state index in [-0.39, 0.29) is 0 Å². The standard InChI is InChI=1S/C13H17NS2/c1-4-10-7-8-15-13(10)12(14-3)11-6-5-9(2)16-11/h5-8,12,14H,4H2,1-3H3. The normalized spacial score (nSPS) is 12.9. The molecule has 0 aliphatic carbocycles. The Balaban J connectivity index is 2.36. The van der Waals surface area contributed by atoms with Gasteiger partial charge in [0.15, 0.2) is 0 Å². The number of rotatable bonds is 4. The number of aryl methyl sites for hydroxylation is 2. The van der Waals surface area contributed by atoms with E-state index < -0.39 is 0 Å². The number of hydrogen-bond acceptors (Lipinski definition) is 3. The molecule has 0 fully saturated rings. The van der Waals surface area contributed by atoms with Crippen LogP contribution in [-0.4, -0.2) is 7.05 Å². The van der Waals surface area contributed by atoms with E-state index in [0.29, 0.717) is 6.04 Å². The van der Waals surface area contributed by atoms with Crippen LogP contribution in [0.2, 0.25) is 0 Å². The molecule has 2 aromatic heterocycles. The fourth-order valence-corrected chi connectivity index (χ4v) is 4.10. The molecule has 0 amide bonds. The molecule has 0 aliphatic rings. The third-order valence-electron chi connectivity index (χ3n) is 2.76. The highest BCUT2D eigenvalue weighted by Gasteiger charge is 2.17. The molecule has 1 nitrogen and oxygen atoms in total. The van der Waals surface area contributed by atoms with Crippen LogP contribution in [0.5, 0.6) is 0 Å². The molecule has 1 unspecified atom stereocenters. The lowest BCUT2D eigenvalue weighted by molar-refractivity contribution is 0.709. The monoisotopic (exact) mass is 251 g/mol. The molecule has 0 spiro atoms. The van der Waals surface area contributed by atoms with Gasteiger partial charge in [0.25, 0.3) is 0 Å². The van der Waals surface area contributed by atoms with E-state index in [1.807, 2.05) is 29.7 Å². The van der Waals surface area contributed by atoms with Crippen LogP contribution < -0.4 is 5.32 Å². The van der Waals surface area contributed by atoms with Crippen LogP contribution in [0.25, 0.3) is 0 Å². The van der Waals surface area contributed by atoms with E-state index in [1.54, 1.807) is 0 Å². The van der Waals surface area contributed by atoms with Crippen LogP contribution in [0.4, 0.5) is 0 Å². The first-order valence-electron chi connectivity index (χ1n) is 5.56. The van der Waals surface area contributed by atoms with Crippen molar-refractivity contribution in [3.8, 4) is 0 Å². The van der Waals surface area contributed by atoms with Gasteiger partial charge in [-0.25, -0.2) is 0 Å². The minimum absolute atomic E-state index is 0.369. The third-order valence-corrected chi connectivity index (χ3v) is 4.85. The molecular formula is C13H17NS2. The first-order valence-corrected chi connectivity index (χ1v) is 7.25. The zero-order valence-corrected chi connectivity index (χ0v) is 11.5. The zero-order chi connectivity index (χ0) is 11.5. The van der Waals surface area contributed by atoms with Crippen LogP contribution >= 0.6 is 22.7 Å². The van der Waals surface area contributed by atoms with Crippen molar-refractivity contribution in [3.63, 3.8) is 0 Å². The molecule has 0 aromatic carbocycles. The molecule has 0 radical (unpaired) electrons. The Morgan fingerprint density at radius 2 is 2.12 bits per heavy atom. The van der Waals surface area contributed by atoms with Gasteiger partial charge in [-0.2, -0.15) is 0 Å². The van der Waals surface area contributed by atoms with E-state index in [1.165, 1.54) is 20.2 Å². The van der Waals surface area contributed by atoms with Gasteiger partial charge in [-0.05, 0) is 49.5 Å². The Morgan fingerprint density at radius 3 is 2.69 bits per heavy atom. The van der Waals surface area contributed by atoms with Crippen LogP contribution in [0, 0.1) is 6.92 Å². The second kappa shape index (κ2) is 5.13. The minimum Gasteiger partial charge on any atom is -0.308 e. The van der Waals surface area contributed by atoms with E-state index in [4.69, 9.17) is 0 Å². The van der Waals surface area contributed by atoms with E-state index >= 15 is 0 Å². The molecule has 1 atom stereocenters. The second-order valence-electron chi connectivity index (χ2n) is 3.83. The van der Waals surface area contributed by atoms with Gasteiger partial charge >= 0.3 is 0 Å². The summed E-state index contributed by atoms with van der Waals surface area (Å²) in [6.07, 6.45) is 1.11. The Hall–Kier alpha value is -0.640. The third kappa shape index (κ3) is 2.21. The van der Waals surface area contributed by atoms with Gasteiger partial charge in [0.2, 0.25) is 0 Å². The van der Waals surface area contributed by atoms with Crippen LogP contribution in [0.3, 0.4) is 0 Å². The molecule has 1 N–H and O–H groups in total. The number of nitrogens with one attached hydrogen (secondary N) is 1. The fraction of sp³-hybridized carbons (Fsp3) is 0.385. The SMILES string of the molecule is CCc1ccsc1C(NC)c1ccc(C)s1. The maximum Gasteiger partial charge on any atom is 0.0765 e. The van der Waals surface area contributed by atoms with E-state index in [9.17, 15) is 0 Å². The topological polar surface area (TPSA) is 12.0 Å². The van der Waals surface area contributed by atoms with Crippen molar-refractivity contribution in [1.29, 1.82) is 0 Å². The van der Waals surface area contributed by atoms with Crippen LogP contribution in [-0.2, 0) is 6.42 Å². The smallest absolute Gasteiger partial charge is 0.0765 e. The maximum atomic E-state index is 3.43. The molecule has 0 aliphatic heterocycles. The first-order chi connectivity index (χ1) is 7.76. The van der Waals surface area contributed by atoms with Crippen molar-refractivity contribution in [1.82, 2.24) is 5.32 Å². The second-order valence-corrected chi connectivity index (χ2v) is 6.10. The minimum atomic E-state index is 0.369. The first kappa shape index (κ1) is 11.8. The summed E-state index contributed by atoms with van der Waals surface area (Å²) in [6, 6.07) is 7.04. The summed E-state index contributed by atoms with van der Waals surface area (Å²) >= 11 is 3.74. The molecule has 2 rings (SSSR count). The van der Waals surface area contributed by atoms with Gasteiger partial charge in [-0.1, -0.05) is 6.92 Å². The van der Waals surface area contributed by atoms with Crippen molar-refractivity contribution < 1.29 is 0 Å². The van der Waals surface area contributed by atoms with Gasteiger partial charge in [0.1, 0.15) is 0 Å². The number of hydrogen-bond donors (Lipinski definition) is 1. The summed E-state index contributed by atoms with van der Waals surface area (Å²) in [7, 11) is 2.04. The molecule has 3 heteroatoms. The van der Waals surface area contributed by atoms with Crippen LogP contribution in [0.15, 0.2) is 23.6 Å². The molecule has 16 heavy (non-hydrogen) atoms. The van der Waals surface area contributed by atoms with Crippen molar-refractivity contribution >= 4 is 22.7 Å². The Labute approximate surface area is 105 Å². The van der Waals surface area contributed by atoms with E-state index in [2.05, 4.69) is 42.7 Å². The number of thiophene rings is 2. The lowest BCUT2D eigenvalue weighted by Crippen LogP contribution is -2.16. The average Bonchev–Trinajstić information content (AvgIpc) is 2.89. The summed E-state index contributed by atoms with van der Waals surface area (Å²) in [6.45, 7) is 4.38. The maximum absolute atomic E-state index is 3.43. The van der Waals surface area contributed by atoms with Crippen molar-refractivity contribution in [2.45, 2.75) is 26.3 Å². The Kier molecular flexibility index (Phi) is 3.79. The molecule has 2 heterocycles. The van der Waals surface area contributed by atoms with Gasteiger partial charge in [0, 0.05) is 14.6 Å². The van der Waals surface area contributed by atoms with Crippen molar-refractivity contribution in [2.75, 3.05) is 7.05 Å². The summed E-state index contributed by atoms with van der Waals surface area (Å²) in [5.41, 5.74) is 1.47. The Bertz CT molecular complexity index is 456. The summed E-state index contributed by atoms with van der Waals surface area (Å²) in [4.78, 5) is 4.26.